The van der Waals surface area contributed by atoms with E-state index in [2.05, 4.69) is 15.9 Å². The molecule has 5 heteroatoms. The summed E-state index contributed by atoms with van der Waals surface area (Å²) < 4.78 is 11.0. The Morgan fingerprint density at radius 2 is 1.78 bits per heavy atom. The van der Waals surface area contributed by atoms with Gasteiger partial charge < -0.3 is 15.2 Å². The smallest absolute Gasteiger partial charge is 0.405 e. The minimum absolute atomic E-state index is 0.0355. The van der Waals surface area contributed by atoms with Crippen LogP contribution in [0, 0.1) is 0 Å². The molecular formula is C18H28BrNO3. The van der Waals surface area contributed by atoms with Gasteiger partial charge in [-0.15, -0.1) is 0 Å². The zero-order valence-corrected chi connectivity index (χ0v) is 15.9. The summed E-state index contributed by atoms with van der Waals surface area (Å²) >= 11 is 3.43. The summed E-state index contributed by atoms with van der Waals surface area (Å²) in [6.45, 7) is 6.48. The Morgan fingerprint density at radius 1 is 1.17 bits per heavy atom. The standard InChI is InChI=1S/C18H28BrNO3/c1-14(18(2,3)23-17(20)21)15-8-10-16(11-9-15)22-13-7-5-4-6-12-19/h8-11,14H,4-7,12-13H2,1-3H3,(H2,20,21). The minimum Gasteiger partial charge on any atom is -0.494 e. The van der Waals surface area contributed by atoms with Gasteiger partial charge in [-0.05, 0) is 44.4 Å². The molecule has 0 fully saturated rings. The van der Waals surface area contributed by atoms with E-state index in [0.717, 1.165) is 29.7 Å². The summed E-state index contributed by atoms with van der Waals surface area (Å²) in [5, 5.41) is 1.07. The van der Waals surface area contributed by atoms with Crippen LogP contribution in [0.5, 0.6) is 5.75 Å². The second kappa shape index (κ2) is 9.81. The molecule has 1 aromatic carbocycles. The van der Waals surface area contributed by atoms with E-state index < -0.39 is 11.7 Å². The van der Waals surface area contributed by atoms with Gasteiger partial charge in [0.2, 0.25) is 0 Å². The number of amides is 1. The Morgan fingerprint density at radius 3 is 2.35 bits per heavy atom. The molecule has 4 nitrogen and oxygen atoms in total. The number of benzene rings is 1. The first-order chi connectivity index (χ1) is 10.9. The molecule has 0 saturated heterocycles. The van der Waals surface area contributed by atoms with E-state index in [9.17, 15) is 4.79 Å². The van der Waals surface area contributed by atoms with Gasteiger partial charge in [0.25, 0.3) is 0 Å². The van der Waals surface area contributed by atoms with E-state index >= 15 is 0 Å². The van der Waals surface area contributed by atoms with Crippen molar-refractivity contribution in [1.82, 2.24) is 0 Å². The molecule has 0 saturated carbocycles. The first-order valence-electron chi connectivity index (χ1n) is 8.14. The van der Waals surface area contributed by atoms with Crippen LogP contribution in [0.3, 0.4) is 0 Å². The van der Waals surface area contributed by atoms with Crippen molar-refractivity contribution in [2.75, 3.05) is 11.9 Å². The number of hydrogen-bond donors (Lipinski definition) is 1. The number of rotatable bonds is 10. The molecule has 130 valence electrons. The van der Waals surface area contributed by atoms with Crippen LogP contribution < -0.4 is 10.5 Å². The normalized spacial score (nSPS) is 12.7. The number of unbranched alkanes of at least 4 members (excludes halogenated alkanes) is 3. The summed E-state index contributed by atoms with van der Waals surface area (Å²) in [4.78, 5) is 11.0. The number of carbonyl (C=O) groups is 1. The van der Waals surface area contributed by atoms with Crippen molar-refractivity contribution in [3.8, 4) is 5.75 Å². The van der Waals surface area contributed by atoms with Gasteiger partial charge in [0, 0.05) is 11.2 Å². The van der Waals surface area contributed by atoms with Crippen LogP contribution >= 0.6 is 15.9 Å². The van der Waals surface area contributed by atoms with E-state index in [1.165, 1.54) is 19.3 Å². The van der Waals surface area contributed by atoms with Crippen molar-refractivity contribution in [2.24, 2.45) is 5.73 Å². The highest BCUT2D eigenvalue weighted by molar-refractivity contribution is 9.09. The fourth-order valence-electron chi connectivity index (χ4n) is 2.34. The van der Waals surface area contributed by atoms with Crippen molar-refractivity contribution >= 4 is 22.0 Å². The highest BCUT2D eigenvalue weighted by Crippen LogP contribution is 2.31. The average Bonchev–Trinajstić information content (AvgIpc) is 2.49. The summed E-state index contributed by atoms with van der Waals surface area (Å²) in [6, 6.07) is 7.95. The van der Waals surface area contributed by atoms with E-state index in [4.69, 9.17) is 15.2 Å². The number of carbonyl (C=O) groups excluding carboxylic acids is 1. The Bertz CT molecular complexity index is 474. The number of hydrogen-bond acceptors (Lipinski definition) is 3. The van der Waals surface area contributed by atoms with Crippen LogP contribution in [0.25, 0.3) is 0 Å². The molecule has 0 heterocycles. The summed E-state index contributed by atoms with van der Waals surface area (Å²) in [5.74, 6) is 0.906. The number of primary amides is 1. The predicted molar refractivity (Wildman–Crippen MR) is 97.4 cm³/mol. The molecule has 0 aliphatic heterocycles. The third-order valence-corrected chi connectivity index (χ3v) is 4.64. The number of halogens is 1. The van der Waals surface area contributed by atoms with Crippen LogP contribution in [0.2, 0.25) is 0 Å². The van der Waals surface area contributed by atoms with Gasteiger partial charge in [-0.3, -0.25) is 0 Å². The third kappa shape index (κ3) is 7.25. The SMILES string of the molecule is CC(c1ccc(OCCCCCCBr)cc1)C(C)(C)OC(N)=O. The molecule has 1 unspecified atom stereocenters. The molecule has 1 atom stereocenters. The van der Waals surface area contributed by atoms with E-state index in [0.29, 0.717) is 0 Å². The van der Waals surface area contributed by atoms with Crippen molar-refractivity contribution in [3.63, 3.8) is 0 Å². The van der Waals surface area contributed by atoms with Crippen LogP contribution in [0.15, 0.2) is 24.3 Å². The van der Waals surface area contributed by atoms with Crippen molar-refractivity contribution in [2.45, 2.75) is 58.0 Å². The Balaban J connectivity index is 2.48. The van der Waals surface area contributed by atoms with Crippen molar-refractivity contribution in [3.05, 3.63) is 29.8 Å². The lowest BCUT2D eigenvalue weighted by Crippen LogP contribution is -2.36. The second-order valence-electron chi connectivity index (χ2n) is 6.27. The van der Waals surface area contributed by atoms with Gasteiger partial charge in [-0.2, -0.15) is 0 Å². The number of nitrogens with two attached hydrogens (primary N) is 1. The first kappa shape index (κ1) is 19.8. The molecule has 23 heavy (non-hydrogen) atoms. The molecule has 1 rings (SSSR count). The second-order valence-corrected chi connectivity index (χ2v) is 7.06. The van der Waals surface area contributed by atoms with Gasteiger partial charge in [-0.1, -0.05) is 47.8 Å². The highest BCUT2D eigenvalue weighted by Gasteiger charge is 2.30. The maximum absolute atomic E-state index is 11.0. The van der Waals surface area contributed by atoms with Gasteiger partial charge in [0.15, 0.2) is 0 Å². The zero-order chi connectivity index (χ0) is 17.3. The van der Waals surface area contributed by atoms with Gasteiger partial charge in [-0.25, -0.2) is 4.79 Å². The van der Waals surface area contributed by atoms with Crippen LogP contribution in [0.4, 0.5) is 4.79 Å². The first-order valence-corrected chi connectivity index (χ1v) is 9.26. The molecule has 1 aromatic rings. The fourth-order valence-corrected chi connectivity index (χ4v) is 2.74. The van der Waals surface area contributed by atoms with Crippen LogP contribution in [0.1, 0.15) is 57.9 Å². The van der Waals surface area contributed by atoms with Gasteiger partial charge in [0.1, 0.15) is 11.4 Å². The maximum Gasteiger partial charge on any atom is 0.405 e. The molecule has 0 radical (unpaired) electrons. The molecule has 2 N–H and O–H groups in total. The molecule has 0 aromatic heterocycles. The van der Waals surface area contributed by atoms with Gasteiger partial charge >= 0.3 is 6.09 Å². The highest BCUT2D eigenvalue weighted by atomic mass is 79.9. The van der Waals surface area contributed by atoms with E-state index in [1.54, 1.807) is 0 Å². The molecular weight excluding hydrogens is 358 g/mol. The lowest BCUT2D eigenvalue weighted by Gasteiger charge is -2.31. The summed E-state index contributed by atoms with van der Waals surface area (Å²) in [6.07, 6.45) is 3.97. The predicted octanol–water partition coefficient (Wildman–Crippen LogP) is 5.00. The van der Waals surface area contributed by atoms with Gasteiger partial charge in [0.05, 0.1) is 6.61 Å². The van der Waals surface area contributed by atoms with E-state index in [-0.39, 0.29) is 5.92 Å². The molecule has 0 aliphatic carbocycles. The Kier molecular flexibility index (Phi) is 8.45. The number of alkyl halides is 1. The van der Waals surface area contributed by atoms with Crippen LogP contribution in [-0.2, 0) is 4.74 Å². The Hall–Kier alpha value is -1.23. The molecule has 0 bridgehead atoms. The monoisotopic (exact) mass is 385 g/mol. The Labute approximate surface area is 147 Å². The third-order valence-electron chi connectivity index (χ3n) is 4.08. The van der Waals surface area contributed by atoms with Crippen molar-refractivity contribution in [1.29, 1.82) is 0 Å². The van der Waals surface area contributed by atoms with E-state index in [1.807, 2.05) is 45.0 Å². The fraction of sp³-hybridized carbons (Fsp3) is 0.611. The minimum atomic E-state index is -0.748. The number of ether oxygens (including phenoxy) is 2. The maximum atomic E-state index is 11.0. The largest absolute Gasteiger partial charge is 0.494 e. The molecule has 0 aliphatic rings. The van der Waals surface area contributed by atoms with Crippen molar-refractivity contribution < 1.29 is 14.3 Å². The summed E-state index contributed by atoms with van der Waals surface area (Å²) in [5.41, 5.74) is 5.57. The quantitative estimate of drug-likeness (QED) is 0.455. The molecule has 0 spiro atoms. The van der Waals surface area contributed by atoms with Crippen LogP contribution in [-0.4, -0.2) is 23.6 Å². The zero-order valence-electron chi connectivity index (χ0n) is 14.3. The summed E-state index contributed by atoms with van der Waals surface area (Å²) in [7, 11) is 0. The lowest BCUT2D eigenvalue weighted by atomic mass is 9.86. The lowest BCUT2D eigenvalue weighted by molar-refractivity contribution is 0.0281. The molecule has 1 amide bonds. The average molecular weight is 386 g/mol. The topological polar surface area (TPSA) is 61.6 Å².